The number of aromatic nitrogens is 1. The predicted molar refractivity (Wildman–Crippen MR) is 83.9 cm³/mol. The van der Waals surface area contributed by atoms with E-state index in [4.69, 9.17) is 5.73 Å². The van der Waals surface area contributed by atoms with Crippen molar-refractivity contribution in [2.24, 2.45) is 0 Å². The third-order valence-corrected chi connectivity index (χ3v) is 4.90. The summed E-state index contributed by atoms with van der Waals surface area (Å²) in [7, 11) is -3.61. The van der Waals surface area contributed by atoms with Gasteiger partial charge in [-0.25, -0.2) is 18.1 Å². The topological polar surface area (TPSA) is 88.3 Å². The molecule has 0 spiro atoms. The second kappa shape index (κ2) is 7.92. The Hall–Kier alpha value is -0.700. The van der Waals surface area contributed by atoms with Crippen LogP contribution in [-0.4, -0.2) is 44.5 Å². The average Bonchev–Trinajstić information content (AvgIpc) is 2.41. The normalized spacial score (nSPS) is 12.0. The molecule has 0 saturated heterocycles. The van der Waals surface area contributed by atoms with Gasteiger partial charge in [0.05, 0.1) is 0 Å². The first-order valence-corrected chi connectivity index (χ1v) is 8.81. The summed E-state index contributed by atoms with van der Waals surface area (Å²) in [6, 6.07) is 1.45. The van der Waals surface area contributed by atoms with Crippen molar-refractivity contribution in [3.8, 4) is 0 Å². The van der Waals surface area contributed by atoms with Crippen LogP contribution in [0.15, 0.2) is 21.6 Å². The van der Waals surface area contributed by atoms with E-state index < -0.39 is 10.0 Å². The molecule has 0 saturated carbocycles. The zero-order chi connectivity index (χ0) is 15.2. The fourth-order valence-corrected chi connectivity index (χ4v) is 3.43. The highest BCUT2D eigenvalue weighted by Crippen LogP contribution is 2.20. The van der Waals surface area contributed by atoms with Gasteiger partial charge in [-0.15, -0.1) is 0 Å². The van der Waals surface area contributed by atoms with E-state index in [1.165, 1.54) is 12.3 Å². The highest BCUT2D eigenvalue weighted by molar-refractivity contribution is 9.10. The van der Waals surface area contributed by atoms with Crippen molar-refractivity contribution in [1.29, 1.82) is 0 Å². The molecule has 1 rings (SSSR count). The van der Waals surface area contributed by atoms with Crippen LogP contribution in [0, 0.1) is 0 Å². The van der Waals surface area contributed by atoms with Crippen LogP contribution in [0.1, 0.15) is 20.3 Å². The number of pyridine rings is 1. The molecule has 0 fully saturated rings. The van der Waals surface area contributed by atoms with E-state index in [1.54, 1.807) is 0 Å². The smallest absolute Gasteiger partial charge is 0.244 e. The lowest BCUT2D eigenvalue weighted by atomic mass is 10.4. The molecule has 0 aliphatic carbocycles. The summed E-state index contributed by atoms with van der Waals surface area (Å²) in [4.78, 5) is 6.08. The monoisotopic (exact) mass is 364 g/mol. The van der Waals surface area contributed by atoms with Crippen LogP contribution in [0.25, 0.3) is 0 Å². The molecule has 8 heteroatoms. The largest absolute Gasteiger partial charge is 0.383 e. The molecule has 0 radical (unpaired) electrons. The molecule has 20 heavy (non-hydrogen) atoms. The predicted octanol–water partition coefficient (Wildman–Crippen LogP) is 1.44. The Labute approximate surface area is 128 Å². The van der Waals surface area contributed by atoms with E-state index in [0.717, 1.165) is 26.1 Å². The van der Waals surface area contributed by atoms with E-state index in [2.05, 4.69) is 44.4 Å². The van der Waals surface area contributed by atoms with Gasteiger partial charge in [0.25, 0.3) is 0 Å². The van der Waals surface area contributed by atoms with Gasteiger partial charge < -0.3 is 10.6 Å². The number of hydrogen-bond acceptors (Lipinski definition) is 5. The number of nitrogens with two attached hydrogens (primary N) is 1. The van der Waals surface area contributed by atoms with Gasteiger partial charge in [0.15, 0.2) is 0 Å². The van der Waals surface area contributed by atoms with Gasteiger partial charge >= 0.3 is 0 Å². The molecular weight excluding hydrogens is 344 g/mol. The number of hydrogen-bond donors (Lipinski definition) is 2. The van der Waals surface area contributed by atoms with Gasteiger partial charge in [-0.3, -0.25) is 0 Å². The number of nitrogens with one attached hydrogen (secondary N) is 1. The molecule has 3 N–H and O–H groups in total. The second-order valence-corrected chi connectivity index (χ2v) is 6.97. The number of rotatable bonds is 8. The Morgan fingerprint density at radius 1 is 1.40 bits per heavy atom. The number of halogens is 1. The van der Waals surface area contributed by atoms with Gasteiger partial charge in [0.2, 0.25) is 10.0 Å². The van der Waals surface area contributed by atoms with E-state index >= 15 is 0 Å². The first kappa shape index (κ1) is 17.4. The fourth-order valence-electron chi connectivity index (χ4n) is 1.77. The van der Waals surface area contributed by atoms with E-state index in [9.17, 15) is 8.42 Å². The SMILES string of the molecule is CCN(CC)CCCNS(=O)(=O)c1cc(Br)cnc1N. The summed E-state index contributed by atoms with van der Waals surface area (Å²) >= 11 is 3.19. The van der Waals surface area contributed by atoms with Crippen LogP contribution in [0.3, 0.4) is 0 Å². The Morgan fingerprint density at radius 3 is 2.65 bits per heavy atom. The third-order valence-electron chi connectivity index (χ3n) is 2.98. The van der Waals surface area contributed by atoms with Crippen LogP contribution in [0.4, 0.5) is 5.82 Å². The highest BCUT2D eigenvalue weighted by Gasteiger charge is 2.18. The lowest BCUT2D eigenvalue weighted by Gasteiger charge is -2.17. The molecule has 1 heterocycles. The Kier molecular flexibility index (Phi) is 6.87. The standard InChI is InChI=1S/C12H21BrN4O2S/c1-3-17(4-2)7-5-6-16-20(18,19)11-8-10(13)9-15-12(11)14/h8-9,16H,3-7H2,1-2H3,(H2,14,15). The number of nitrogen functional groups attached to an aromatic ring is 1. The van der Waals surface area contributed by atoms with Crippen molar-refractivity contribution in [1.82, 2.24) is 14.6 Å². The van der Waals surface area contributed by atoms with E-state index in [0.29, 0.717) is 11.0 Å². The molecule has 0 aliphatic rings. The minimum atomic E-state index is -3.61. The van der Waals surface area contributed by atoms with Gasteiger partial charge in [0.1, 0.15) is 10.7 Å². The van der Waals surface area contributed by atoms with Crippen LogP contribution in [-0.2, 0) is 10.0 Å². The Balaban J connectivity index is 2.60. The maximum atomic E-state index is 12.1. The minimum absolute atomic E-state index is 0.00411. The zero-order valence-electron chi connectivity index (χ0n) is 11.8. The molecule has 0 aromatic carbocycles. The zero-order valence-corrected chi connectivity index (χ0v) is 14.2. The van der Waals surface area contributed by atoms with Crippen LogP contribution < -0.4 is 10.5 Å². The van der Waals surface area contributed by atoms with Gasteiger partial charge in [-0.05, 0) is 48.1 Å². The Morgan fingerprint density at radius 2 is 2.05 bits per heavy atom. The second-order valence-electron chi connectivity index (χ2n) is 4.32. The molecule has 0 aliphatic heterocycles. The summed E-state index contributed by atoms with van der Waals surface area (Å²) in [5.74, 6) is 0.00411. The molecule has 0 atom stereocenters. The first-order chi connectivity index (χ1) is 9.40. The number of sulfonamides is 1. The summed E-state index contributed by atoms with van der Waals surface area (Å²) in [6.07, 6.45) is 2.22. The molecule has 1 aromatic rings. The lowest BCUT2D eigenvalue weighted by Crippen LogP contribution is -2.30. The molecule has 1 aromatic heterocycles. The van der Waals surface area contributed by atoms with Crippen molar-refractivity contribution >= 4 is 31.8 Å². The van der Waals surface area contributed by atoms with Crippen molar-refractivity contribution < 1.29 is 8.42 Å². The van der Waals surface area contributed by atoms with Crippen LogP contribution >= 0.6 is 15.9 Å². The van der Waals surface area contributed by atoms with Crippen molar-refractivity contribution in [2.45, 2.75) is 25.2 Å². The minimum Gasteiger partial charge on any atom is -0.383 e. The number of nitrogens with zero attached hydrogens (tertiary/aromatic N) is 2. The van der Waals surface area contributed by atoms with Crippen molar-refractivity contribution in [3.05, 3.63) is 16.7 Å². The molecule has 114 valence electrons. The molecule has 0 bridgehead atoms. The fraction of sp³-hybridized carbons (Fsp3) is 0.583. The number of anilines is 1. The van der Waals surface area contributed by atoms with E-state index in [1.807, 2.05) is 0 Å². The van der Waals surface area contributed by atoms with Crippen LogP contribution in [0.2, 0.25) is 0 Å². The maximum absolute atomic E-state index is 12.1. The van der Waals surface area contributed by atoms with Crippen molar-refractivity contribution in [2.75, 3.05) is 31.9 Å². The van der Waals surface area contributed by atoms with Gasteiger partial charge in [0, 0.05) is 17.2 Å². The maximum Gasteiger partial charge on any atom is 0.244 e. The third kappa shape index (κ3) is 5.01. The quantitative estimate of drug-likeness (QED) is 0.681. The Bertz CT molecular complexity index is 532. The van der Waals surface area contributed by atoms with E-state index in [-0.39, 0.29) is 10.7 Å². The first-order valence-electron chi connectivity index (χ1n) is 6.53. The van der Waals surface area contributed by atoms with Gasteiger partial charge in [-0.2, -0.15) is 0 Å². The summed E-state index contributed by atoms with van der Waals surface area (Å²) in [5.41, 5.74) is 5.61. The van der Waals surface area contributed by atoms with Crippen molar-refractivity contribution in [3.63, 3.8) is 0 Å². The van der Waals surface area contributed by atoms with Gasteiger partial charge in [-0.1, -0.05) is 13.8 Å². The lowest BCUT2D eigenvalue weighted by molar-refractivity contribution is 0.300. The molecule has 0 unspecified atom stereocenters. The summed E-state index contributed by atoms with van der Waals surface area (Å²) < 4.78 is 27.4. The molecular formula is C12H21BrN4O2S. The highest BCUT2D eigenvalue weighted by atomic mass is 79.9. The molecule has 6 nitrogen and oxygen atoms in total. The average molecular weight is 365 g/mol. The molecule has 0 amide bonds. The van der Waals surface area contributed by atoms with Crippen LogP contribution in [0.5, 0.6) is 0 Å². The summed E-state index contributed by atoms with van der Waals surface area (Å²) in [6.45, 7) is 7.34. The summed E-state index contributed by atoms with van der Waals surface area (Å²) in [5, 5.41) is 0.